The SMILES string of the molecule is CC1OCCC1CNC(=O)N[C@@H](C(=O)O)c1ccccc1. The van der Waals surface area contributed by atoms with Gasteiger partial charge in [-0.1, -0.05) is 30.3 Å². The second kappa shape index (κ2) is 7.08. The summed E-state index contributed by atoms with van der Waals surface area (Å²) in [7, 11) is 0. The van der Waals surface area contributed by atoms with Gasteiger partial charge in [0.2, 0.25) is 0 Å². The van der Waals surface area contributed by atoms with Gasteiger partial charge >= 0.3 is 12.0 Å². The van der Waals surface area contributed by atoms with E-state index in [2.05, 4.69) is 10.6 Å². The summed E-state index contributed by atoms with van der Waals surface area (Å²) in [6, 6.07) is 7.08. The molecule has 21 heavy (non-hydrogen) atoms. The highest BCUT2D eigenvalue weighted by atomic mass is 16.5. The number of nitrogens with one attached hydrogen (secondary N) is 2. The number of ether oxygens (including phenoxy) is 1. The number of carbonyl (C=O) groups excluding carboxylic acids is 1. The van der Waals surface area contributed by atoms with Gasteiger partial charge in [-0.3, -0.25) is 0 Å². The van der Waals surface area contributed by atoms with Crippen LogP contribution in [-0.4, -0.2) is 36.4 Å². The minimum absolute atomic E-state index is 0.120. The van der Waals surface area contributed by atoms with Crippen LogP contribution in [0.4, 0.5) is 4.79 Å². The Bertz CT molecular complexity index is 492. The topological polar surface area (TPSA) is 87.7 Å². The fraction of sp³-hybridized carbons (Fsp3) is 0.467. The van der Waals surface area contributed by atoms with E-state index in [0.717, 1.165) is 6.42 Å². The molecule has 0 aromatic heterocycles. The van der Waals surface area contributed by atoms with Crippen molar-refractivity contribution in [3.63, 3.8) is 0 Å². The van der Waals surface area contributed by atoms with Crippen molar-refractivity contribution in [1.82, 2.24) is 10.6 Å². The predicted octanol–water partition coefficient (Wildman–Crippen LogP) is 1.54. The quantitative estimate of drug-likeness (QED) is 0.768. The number of aliphatic carboxylic acids is 1. The second-order valence-electron chi connectivity index (χ2n) is 5.16. The molecule has 0 spiro atoms. The number of hydrogen-bond acceptors (Lipinski definition) is 3. The van der Waals surface area contributed by atoms with Crippen LogP contribution in [0.5, 0.6) is 0 Å². The Morgan fingerprint density at radius 2 is 2.10 bits per heavy atom. The molecule has 0 saturated carbocycles. The Hall–Kier alpha value is -2.08. The molecule has 0 aliphatic carbocycles. The molecule has 1 heterocycles. The zero-order valence-electron chi connectivity index (χ0n) is 11.9. The monoisotopic (exact) mass is 292 g/mol. The van der Waals surface area contributed by atoms with E-state index in [4.69, 9.17) is 4.74 Å². The molecule has 1 fully saturated rings. The zero-order chi connectivity index (χ0) is 15.2. The standard InChI is InChI=1S/C15H20N2O4/c1-10-12(7-8-21-10)9-16-15(20)17-13(14(18)19)11-5-3-2-4-6-11/h2-6,10,12-13H,7-9H2,1H3,(H,18,19)(H2,16,17,20)/t10?,12?,13-/m1/s1. The van der Waals surface area contributed by atoms with Crippen molar-refractivity contribution in [1.29, 1.82) is 0 Å². The van der Waals surface area contributed by atoms with E-state index in [1.165, 1.54) is 0 Å². The van der Waals surface area contributed by atoms with Crippen molar-refractivity contribution in [3.05, 3.63) is 35.9 Å². The molecule has 1 aliphatic rings. The molecule has 6 nitrogen and oxygen atoms in total. The lowest BCUT2D eigenvalue weighted by molar-refractivity contribution is -0.139. The highest BCUT2D eigenvalue weighted by Crippen LogP contribution is 2.19. The fourth-order valence-corrected chi connectivity index (χ4v) is 2.38. The van der Waals surface area contributed by atoms with Crippen molar-refractivity contribution in [2.24, 2.45) is 5.92 Å². The zero-order valence-corrected chi connectivity index (χ0v) is 11.9. The van der Waals surface area contributed by atoms with Gasteiger partial charge in [-0.15, -0.1) is 0 Å². The molecule has 2 amide bonds. The summed E-state index contributed by atoms with van der Waals surface area (Å²) in [6.45, 7) is 3.16. The van der Waals surface area contributed by atoms with Crippen molar-refractivity contribution in [2.45, 2.75) is 25.5 Å². The largest absolute Gasteiger partial charge is 0.479 e. The van der Waals surface area contributed by atoms with Gasteiger partial charge in [0.1, 0.15) is 0 Å². The van der Waals surface area contributed by atoms with Gasteiger partial charge in [-0.25, -0.2) is 9.59 Å². The smallest absolute Gasteiger partial charge is 0.330 e. The third-order valence-corrected chi connectivity index (χ3v) is 3.71. The van der Waals surface area contributed by atoms with Gasteiger partial charge < -0.3 is 20.5 Å². The third-order valence-electron chi connectivity index (χ3n) is 3.71. The molecule has 6 heteroatoms. The van der Waals surface area contributed by atoms with Gasteiger partial charge in [-0.2, -0.15) is 0 Å². The first kappa shape index (κ1) is 15.3. The normalized spacial score (nSPS) is 22.5. The number of rotatable bonds is 5. The average molecular weight is 292 g/mol. The van der Waals surface area contributed by atoms with E-state index >= 15 is 0 Å². The molecule has 0 bridgehead atoms. The van der Waals surface area contributed by atoms with E-state index < -0.39 is 18.0 Å². The minimum atomic E-state index is -1.09. The average Bonchev–Trinajstić information content (AvgIpc) is 2.88. The Morgan fingerprint density at radius 3 is 2.67 bits per heavy atom. The Balaban J connectivity index is 1.88. The number of carboxylic acid groups (broad SMARTS) is 1. The summed E-state index contributed by atoms with van der Waals surface area (Å²) in [6.07, 6.45) is 1.03. The third kappa shape index (κ3) is 4.19. The molecule has 3 atom stereocenters. The van der Waals surface area contributed by atoms with Crippen molar-refractivity contribution in [3.8, 4) is 0 Å². The molecule has 3 N–H and O–H groups in total. The Kier molecular flexibility index (Phi) is 5.16. The number of benzene rings is 1. The van der Waals surface area contributed by atoms with Crippen LogP contribution < -0.4 is 10.6 Å². The number of urea groups is 1. The maximum absolute atomic E-state index is 11.9. The summed E-state index contributed by atoms with van der Waals surface area (Å²) in [5.74, 6) is -0.815. The van der Waals surface area contributed by atoms with Crippen molar-refractivity contribution >= 4 is 12.0 Å². The van der Waals surface area contributed by atoms with Crippen LogP contribution in [0, 0.1) is 5.92 Å². The van der Waals surface area contributed by atoms with Gasteiger partial charge in [0.15, 0.2) is 6.04 Å². The lowest BCUT2D eigenvalue weighted by Gasteiger charge is -2.18. The van der Waals surface area contributed by atoms with Gasteiger partial charge in [0.05, 0.1) is 6.10 Å². The van der Waals surface area contributed by atoms with E-state index in [9.17, 15) is 14.7 Å². The molecule has 1 aromatic carbocycles. The lowest BCUT2D eigenvalue weighted by Crippen LogP contribution is -2.43. The first-order chi connectivity index (χ1) is 10.1. The van der Waals surface area contributed by atoms with E-state index in [1.807, 2.05) is 6.92 Å². The van der Waals surface area contributed by atoms with E-state index in [-0.39, 0.29) is 12.0 Å². The highest BCUT2D eigenvalue weighted by Gasteiger charge is 2.26. The number of carboxylic acids is 1. The Labute approximate surface area is 123 Å². The van der Waals surface area contributed by atoms with Crippen LogP contribution in [0.3, 0.4) is 0 Å². The van der Waals surface area contributed by atoms with Gasteiger partial charge in [-0.05, 0) is 18.9 Å². The predicted molar refractivity (Wildman–Crippen MR) is 76.9 cm³/mol. The second-order valence-corrected chi connectivity index (χ2v) is 5.16. The summed E-state index contributed by atoms with van der Waals surface area (Å²) < 4.78 is 5.42. The molecule has 2 rings (SSSR count). The van der Waals surface area contributed by atoms with E-state index in [0.29, 0.717) is 18.7 Å². The molecule has 1 aromatic rings. The van der Waals surface area contributed by atoms with Gasteiger partial charge in [0.25, 0.3) is 0 Å². The first-order valence-corrected chi connectivity index (χ1v) is 7.01. The van der Waals surface area contributed by atoms with Crippen LogP contribution in [0.1, 0.15) is 24.9 Å². The number of amides is 2. The van der Waals surface area contributed by atoms with Crippen molar-refractivity contribution in [2.75, 3.05) is 13.2 Å². The summed E-state index contributed by atoms with van der Waals surface area (Å²) in [5.41, 5.74) is 0.540. The molecule has 0 radical (unpaired) electrons. The molecular formula is C15H20N2O4. The molecular weight excluding hydrogens is 272 g/mol. The van der Waals surface area contributed by atoms with Crippen LogP contribution in [0.25, 0.3) is 0 Å². The number of carbonyl (C=O) groups is 2. The molecule has 2 unspecified atom stereocenters. The maximum Gasteiger partial charge on any atom is 0.330 e. The van der Waals surface area contributed by atoms with Crippen LogP contribution in [0.2, 0.25) is 0 Å². The van der Waals surface area contributed by atoms with Crippen LogP contribution in [0.15, 0.2) is 30.3 Å². The highest BCUT2D eigenvalue weighted by molar-refractivity contribution is 5.83. The number of hydrogen-bond donors (Lipinski definition) is 3. The fourth-order valence-electron chi connectivity index (χ4n) is 2.38. The minimum Gasteiger partial charge on any atom is -0.479 e. The summed E-state index contributed by atoms with van der Waals surface area (Å²) >= 11 is 0. The van der Waals surface area contributed by atoms with E-state index in [1.54, 1.807) is 30.3 Å². The van der Waals surface area contributed by atoms with Crippen LogP contribution >= 0.6 is 0 Å². The van der Waals surface area contributed by atoms with Crippen molar-refractivity contribution < 1.29 is 19.4 Å². The summed E-state index contributed by atoms with van der Waals surface area (Å²) in [5, 5.41) is 14.4. The first-order valence-electron chi connectivity index (χ1n) is 7.01. The lowest BCUT2D eigenvalue weighted by atomic mass is 10.0. The molecule has 1 saturated heterocycles. The van der Waals surface area contributed by atoms with Gasteiger partial charge in [0, 0.05) is 19.1 Å². The molecule has 1 aliphatic heterocycles. The molecule has 114 valence electrons. The summed E-state index contributed by atoms with van der Waals surface area (Å²) in [4.78, 5) is 23.2. The Morgan fingerprint density at radius 1 is 1.38 bits per heavy atom. The van der Waals surface area contributed by atoms with Crippen LogP contribution in [-0.2, 0) is 9.53 Å². The maximum atomic E-state index is 11.9.